The molecule has 0 aromatic carbocycles. The average Bonchev–Trinajstić information content (AvgIpc) is 2.15. The van der Waals surface area contributed by atoms with E-state index in [2.05, 4.69) is 4.98 Å². The Labute approximate surface area is 84.1 Å². The fourth-order valence-corrected chi connectivity index (χ4v) is 0.970. The van der Waals surface area contributed by atoms with Gasteiger partial charge in [-0.05, 0) is 19.1 Å². The Morgan fingerprint density at radius 2 is 2.07 bits per heavy atom. The summed E-state index contributed by atoms with van der Waals surface area (Å²) in [5.74, 6) is -0.434. The van der Waals surface area contributed by atoms with Crippen molar-refractivity contribution in [3.8, 4) is 0 Å². The van der Waals surface area contributed by atoms with Crippen LogP contribution in [0.3, 0.4) is 0 Å². The van der Waals surface area contributed by atoms with Crippen LogP contribution >= 0.6 is 0 Å². The van der Waals surface area contributed by atoms with Crippen LogP contribution in [0.4, 0.5) is 13.2 Å². The number of hydrogen-bond acceptors (Lipinski definition) is 3. The summed E-state index contributed by atoms with van der Waals surface area (Å²) in [6.07, 6.45) is -3.61. The Balaban J connectivity index is 2.96. The van der Waals surface area contributed by atoms with Crippen LogP contribution in [-0.2, 0) is 6.18 Å². The first kappa shape index (κ1) is 11.6. The summed E-state index contributed by atoms with van der Waals surface area (Å²) in [5, 5.41) is 0. The minimum absolute atomic E-state index is 0.0815. The Bertz CT molecular complexity index is 357. The van der Waals surface area contributed by atoms with Crippen LogP contribution in [0.5, 0.6) is 0 Å². The highest BCUT2D eigenvalue weighted by Gasteiger charge is 2.32. The molecule has 1 unspecified atom stereocenters. The van der Waals surface area contributed by atoms with Gasteiger partial charge in [-0.1, -0.05) is 0 Å². The summed E-state index contributed by atoms with van der Waals surface area (Å²) in [7, 11) is 0. The van der Waals surface area contributed by atoms with Crippen molar-refractivity contribution in [3.63, 3.8) is 0 Å². The van der Waals surface area contributed by atoms with E-state index in [0.717, 1.165) is 18.3 Å². The summed E-state index contributed by atoms with van der Waals surface area (Å²) in [6, 6.07) is 1.08. The fraction of sp³-hybridized carbons (Fsp3) is 0.333. The number of pyridine rings is 1. The van der Waals surface area contributed by atoms with Gasteiger partial charge in [0.2, 0.25) is 0 Å². The molecule has 1 rings (SSSR count). The third-order valence-corrected chi connectivity index (χ3v) is 1.75. The minimum atomic E-state index is -4.49. The predicted octanol–water partition coefficient (Wildman–Crippen LogP) is 1.63. The van der Waals surface area contributed by atoms with Gasteiger partial charge in [-0.2, -0.15) is 13.2 Å². The maximum absolute atomic E-state index is 12.1. The van der Waals surface area contributed by atoms with E-state index < -0.39 is 23.7 Å². The predicted molar refractivity (Wildman–Crippen MR) is 47.2 cm³/mol. The molecule has 0 aliphatic carbocycles. The molecule has 1 heterocycles. The number of rotatable bonds is 2. The molecule has 0 amide bonds. The highest BCUT2D eigenvalue weighted by atomic mass is 19.4. The number of Topliss-reactive ketones (excluding diaryl/α,β-unsaturated/α-hetero) is 1. The van der Waals surface area contributed by atoms with E-state index in [1.165, 1.54) is 6.92 Å². The summed E-state index contributed by atoms with van der Waals surface area (Å²) in [5.41, 5.74) is 4.35. The Morgan fingerprint density at radius 3 is 2.40 bits per heavy atom. The molecule has 0 spiro atoms. The lowest BCUT2D eigenvalue weighted by molar-refractivity contribution is -0.141. The molecule has 0 bridgehead atoms. The molecule has 0 fully saturated rings. The first-order chi connectivity index (χ1) is 6.82. The zero-order valence-electron chi connectivity index (χ0n) is 7.88. The van der Waals surface area contributed by atoms with Crippen LogP contribution < -0.4 is 5.73 Å². The molecule has 0 saturated heterocycles. The van der Waals surface area contributed by atoms with Crippen molar-refractivity contribution < 1.29 is 18.0 Å². The van der Waals surface area contributed by atoms with Gasteiger partial charge in [0.15, 0.2) is 5.78 Å². The molecule has 6 heteroatoms. The van der Waals surface area contributed by atoms with E-state index in [0.29, 0.717) is 0 Å². The number of nitrogens with two attached hydrogens (primary N) is 1. The van der Waals surface area contributed by atoms with E-state index >= 15 is 0 Å². The minimum Gasteiger partial charge on any atom is -0.321 e. The van der Waals surface area contributed by atoms with E-state index in [1.54, 1.807) is 0 Å². The van der Waals surface area contributed by atoms with Crippen LogP contribution in [0.1, 0.15) is 23.0 Å². The standard InChI is InChI=1S/C9H9F3N2O/c1-5(13)8(15)6-2-3-7(14-4-6)9(10,11)12/h2-5H,13H2,1H3. The SMILES string of the molecule is CC(N)C(=O)c1ccc(C(F)(F)F)nc1. The van der Waals surface area contributed by atoms with Gasteiger partial charge in [0.25, 0.3) is 0 Å². The lowest BCUT2D eigenvalue weighted by Crippen LogP contribution is -2.26. The zero-order chi connectivity index (χ0) is 11.6. The summed E-state index contributed by atoms with van der Waals surface area (Å²) < 4.78 is 36.3. The molecule has 3 nitrogen and oxygen atoms in total. The average molecular weight is 218 g/mol. The monoisotopic (exact) mass is 218 g/mol. The van der Waals surface area contributed by atoms with E-state index in [-0.39, 0.29) is 5.56 Å². The quantitative estimate of drug-likeness (QED) is 0.767. The normalized spacial score (nSPS) is 13.7. The largest absolute Gasteiger partial charge is 0.433 e. The third kappa shape index (κ3) is 2.76. The van der Waals surface area contributed by atoms with Gasteiger partial charge in [0.1, 0.15) is 5.69 Å². The van der Waals surface area contributed by atoms with Crippen molar-refractivity contribution in [1.82, 2.24) is 4.98 Å². The number of alkyl halides is 3. The van der Waals surface area contributed by atoms with Gasteiger partial charge in [-0.3, -0.25) is 9.78 Å². The summed E-state index contributed by atoms with van der Waals surface area (Å²) in [4.78, 5) is 14.4. The Morgan fingerprint density at radius 1 is 1.47 bits per heavy atom. The first-order valence-electron chi connectivity index (χ1n) is 4.15. The molecule has 15 heavy (non-hydrogen) atoms. The maximum Gasteiger partial charge on any atom is 0.433 e. The molecule has 1 aromatic rings. The Hall–Kier alpha value is -1.43. The molecule has 2 N–H and O–H groups in total. The number of ketones is 1. The number of nitrogens with zero attached hydrogens (tertiary/aromatic N) is 1. The molecular formula is C9H9F3N2O. The highest BCUT2D eigenvalue weighted by molar-refractivity contribution is 5.99. The molecule has 1 atom stereocenters. The van der Waals surface area contributed by atoms with Crippen LogP contribution in [0.15, 0.2) is 18.3 Å². The highest BCUT2D eigenvalue weighted by Crippen LogP contribution is 2.27. The van der Waals surface area contributed by atoms with Crippen molar-refractivity contribution in [2.75, 3.05) is 0 Å². The third-order valence-electron chi connectivity index (χ3n) is 1.75. The van der Waals surface area contributed by atoms with Crippen LogP contribution in [0.25, 0.3) is 0 Å². The van der Waals surface area contributed by atoms with Gasteiger partial charge in [-0.25, -0.2) is 0 Å². The fourth-order valence-electron chi connectivity index (χ4n) is 0.970. The molecule has 0 saturated carbocycles. The molecule has 82 valence electrons. The lowest BCUT2D eigenvalue weighted by Gasteiger charge is -2.07. The number of aromatic nitrogens is 1. The molecule has 0 aliphatic rings. The smallest absolute Gasteiger partial charge is 0.321 e. The topological polar surface area (TPSA) is 56.0 Å². The molecular weight excluding hydrogens is 209 g/mol. The summed E-state index contributed by atoms with van der Waals surface area (Å²) in [6.45, 7) is 1.46. The maximum atomic E-state index is 12.1. The van der Waals surface area contributed by atoms with Crippen LogP contribution in [0, 0.1) is 0 Å². The van der Waals surface area contributed by atoms with E-state index in [9.17, 15) is 18.0 Å². The zero-order valence-corrected chi connectivity index (χ0v) is 7.88. The van der Waals surface area contributed by atoms with Gasteiger partial charge >= 0.3 is 6.18 Å². The van der Waals surface area contributed by atoms with E-state index in [4.69, 9.17) is 5.73 Å². The van der Waals surface area contributed by atoms with Gasteiger partial charge < -0.3 is 5.73 Å². The second-order valence-corrected chi connectivity index (χ2v) is 3.08. The first-order valence-corrected chi connectivity index (χ1v) is 4.15. The molecule has 0 radical (unpaired) electrons. The van der Waals surface area contributed by atoms with Gasteiger partial charge in [0.05, 0.1) is 6.04 Å². The number of carbonyl (C=O) groups is 1. The van der Waals surface area contributed by atoms with Crippen molar-refractivity contribution in [2.45, 2.75) is 19.1 Å². The number of halogens is 3. The van der Waals surface area contributed by atoms with E-state index in [1.807, 2.05) is 0 Å². The van der Waals surface area contributed by atoms with Crippen LogP contribution in [-0.4, -0.2) is 16.8 Å². The van der Waals surface area contributed by atoms with Gasteiger partial charge in [0, 0.05) is 11.8 Å². The van der Waals surface area contributed by atoms with Crippen LogP contribution in [0.2, 0.25) is 0 Å². The van der Waals surface area contributed by atoms with Crippen molar-refractivity contribution in [3.05, 3.63) is 29.6 Å². The number of hydrogen-bond donors (Lipinski definition) is 1. The second kappa shape index (κ2) is 3.98. The van der Waals surface area contributed by atoms with Crippen molar-refractivity contribution >= 4 is 5.78 Å². The van der Waals surface area contributed by atoms with Crippen molar-refractivity contribution in [2.24, 2.45) is 5.73 Å². The number of carbonyl (C=O) groups excluding carboxylic acids is 1. The van der Waals surface area contributed by atoms with Gasteiger partial charge in [-0.15, -0.1) is 0 Å². The molecule has 0 aliphatic heterocycles. The Kier molecular flexibility index (Phi) is 3.09. The second-order valence-electron chi connectivity index (χ2n) is 3.08. The lowest BCUT2D eigenvalue weighted by atomic mass is 10.1. The summed E-state index contributed by atoms with van der Waals surface area (Å²) >= 11 is 0. The van der Waals surface area contributed by atoms with Crippen molar-refractivity contribution in [1.29, 1.82) is 0 Å². The molecule has 1 aromatic heterocycles.